The van der Waals surface area contributed by atoms with Crippen molar-refractivity contribution in [3.8, 4) is 5.75 Å². The van der Waals surface area contributed by atoms with Gasteiger partial charge in [0.15, 0.2) is 4.96 Å². The van der Waals surface area contributed by atoms with Gasteiger partial charge in [-0.3, -0.25) is 9.30 Å². The van der Waals surface area contributed by atoms with E-state index in [0.29, 0.717) is 0 Å². The zero-order valence-corrected chi connectivity index (χ0v) is 15.3. The molecule has 5 nitrogen and oxygen atoms in total. The van der Waals surface area contributed by atoms with E-state index in [1.807, 2.05) is 38.2 Å². The highest BCUT2D eigenvalue weighted by Crippen LogP contribution is 2.26. The maximum Gasteiger partial charge on any atom is 0.194 e. The van der Waals surface area contributed by atoms with Crippen molar-refractivity contribution in [3.63, 3.8) is 0 Å². The number of nitrogens with zero attached hydrogens (tertiary/aromatic N) is 3. The molecule has 0 aliphatic heterocycles. The predicted molar refractivity (Wildman–Crippen MR) is 96.8 cm³/mol. The number of hydrogen-bond acceptors (Lipinski definition) is 5. The number of rotatable bonds is 6. The van der Waals surface area contributed by atoms with Gasteiger partial charge in [-0.25, -0.2) is 4.98 Å². The molecule has 0 bridgehead atoms. The zero-order valence-electron chi connectivity index (χ0n) is 14.5. The van der Waals surface area contributed by atoms with Gasteiger partial charge in [0.2, 0.25) is 0 Å². The summed E-state index contributed by atoms with van der Waals surface area (Å²) in [7, 11) is 3.68. The van der Waals surface area contributed by atoms with E-state index >= 15 is 0 Å². The van der Waals surface area contributed by atoms with Crippen LogP contribution in [0.4, 0.5) is 0 Å². The van der Waals surface area contributed by atoms with E-state index in [4.69, 9.17) is 4.74 Å². The van der Waals surface area contributed by atoms with Crippen LogP contribution < -0.4 is 4.74 Å². The number of likely N-dealkylation sites (N-methyl/N-ethyl adjacent to an activating group) is 1. The van der Waals surface area contributed by atoms with E-state index < -0.39 is 0 Å². The summed E-state index contributed by atoms with van der Waals surface area (Å²) < 4.78 is 7.37. The number of benzene rings is 1. The molecule has 2 aromatic heterocycles. The Morgan fingerprint density at radius 1 is 1.29 bits per heavy atom. The zero-order chi connectivity index (χ0) is 17.3. The molecule has 1 N–H and O–H groups in total. The van der Waals surface area contributed by atoms with Crippen molar-refractivity contribution < 1.29 is 9.84 Å². The molecule has 2 heterocycles. The molecule has 0 amide bonds. The minimum atomic E-state index is -0.0689. The summed E-state index contributed by atoms with van der Waals surface area (Å²) >= 11 is 1.70. The summed E-state index contributed by atoms with van der Waals surface area (Å²) in [5, 5.41) is 9.90. The van der Waals surface area contributed by atoms with Gasteiger partial charge in [-0.1, -0.05) is 12.1 Å². The van der Waals surface area contributed by atoms with Gasteiger partial charge in [-0.2, -0.15) is 0 Å². The molecule has 6 heteroatoms. The van der Waals surface area contributed by atoms with Crippen molar-refractivity contribution in [2.45, 2.75) is 26.4 Å². The number of methoxy groups -OCH3 is 1. The molecule has 1 atom stereocenters. The second kappa shape index (κ2) is 6.93. The lowest BCUT2D eigenvalue weighted by Gasteiger charge is -2.27. The van der Waals surface area contributed by atoms with Crippen LogP contribution in [0.25, 0.3) is 4.96 Å². The Labute approximate surface area is 146 Å². The molecule has 0 aliphatic carbocycles. The highest BCUT2D eigenvalue weighted by Gasteiger charge is 2.20. The fraction of sp³-hybridized carbons (Fsp3) is 0.389. The molecule has 128 valence electrons. The average molecular weight is 345 g/mol. The van der Waals surface area contributed by atoms with Gasteiger partial charge in [0.25, 0.3) is 0 Å². The van der Waals surface area contributed by atoms with Gasteiger partial charge < -0.3 is 9.84 Å². The first-order chi connectivity index (χ1) is 11.5. The monoisotopic (exact) mass is 345 g/mol. The minimum Gasteiger partial charge on any atom is -0.497 e. The molecule has 3 rings (SSSR count). The molecule has 0 saturated carbocycles. The van der Waals surface area contributed by atoms with Crippen molar-refractivity contribution >= 4 is 16.3 Å². The van der Waals surface area contributed by atoms with Gasteiger partial charge in [0, 0.05) is 17.6 Å². The average Bonchev–Trinajstić information content (AvgIpc) is 3.05. The standard InChI is InChI=1S/C18H23N3O2S/c1-12-9-21-16(13(2)19-18(21)24-12)10-20(3)17(11-22)14-5-7-15(23-4)8-6-14/h5-9,17,22H,10-11H2,1-4H3. The van der Waals surface area contributed by atoms with Crippen LogP contribution in [-0.4, -0.2) is 40.2 Å². The summed E-state index contributed by atoms with van der Waals surface area (Å²) in [6.45, 7) is 4.92. The van der Waals surface area contributed by atoms with Crippen LogP contribution in [0.1, 0.15) is 27.9 Å². The lowest BCUT2D eigenvalue weighted by Crippen LogP contribution is -2.27. The summed E-state index contributed by atoms with van der Waals surface area (Å²) in [5.41, 5.74) is 3.28. The Balaban J connectivity index is 1.85. The normalized spacial score (nSPS) is 12.9. The van der Waals surface area contributed by atoms with E-state index in [9.17, 15) is 5.11 Å². The first-order valence-corrected chi connectivity index (χ1v) is 8.74. The quantitative estimate of drug-likeness (QED) is 0.745. The number of ether oxygens (including phenoxy) is 1. The topological polar surface area (TPSA) is 50.0 Å². The number of aliphatic hydroxyl groups is 1. The number of aliphatic hydroxyl groups excluding tert-OH is 1. The highest BCUT2D eigenvalue weighted by atomic mass is 32.1. The van der Waals surface area contributed by atoms with Crippen LogP contribution in [0.5, 0.6) is 5.75 Å². The number of aromatic nitrogens is 2. The van der Waals surface area contributed by atoms with E-state index in [1.165, 1.54) is 10.6 Å². The lowest BCUT2D eigenvalue weighted by molar-refractivity contribution is 0.141. The molecule has 1 aromatic carbocycles. The predicted octanol–water partition coefficient (Wildman–Crippen LogP) is 3.19. The molecule has 0 aliphatic rings. The number of imidazole rings is 1. The molecule has 0 spiro atoms. The lowest BCUT2D eigenvalue weighted by atomic mass is 10.1. The van der Waals surface area contributed by atoms with Crippen molar-refractivity contribution in [2.75, 3.05) is 20.8 Å². The molecular formula is C18H23N3O2S. The second-order valence-electron chi connectivity index (χ2n) is 6.02. The van der Waals surface area contributed by atoms with Crippen LogP contribution in [0.3, 0.4) is 0 Å². The fourth-order valence-corrected chi connectivity index (χ4v) is 3.86. The Bertz CT molecular complexity index is 823. The SMILES string of the molecule is COc1ccc(C(CO)N(C)Cc2c(C)nc3sc(C)cn23)cc1. The molecule has 0 radical (unpaired) electrons. The third-order valence-corrected chi connectivity index (χ3v) is 5.24. The number of hydrogen-bond donors (Lipinski definition) is 1. The van der Waals surface area contributed by atoms with Crippen LogP contribution in [0.15, 0.2) is 30.5 Å². The molecule has 1 unspecified atom stereocenters. The third kappa shape index (κ3) is 3.17. The molecule has 0 saturated heterocycles. The summed E-state index contributed by atoms with van der Waals surface area (Å²) in [6, 6.07) is 7.79. The first-order valence-electron chi connectivity index (χ1n) is 7.92. The molecule has 24 heavy (non-hydrogen) atoms. The molecular weight excluding hydrogens is 322 g/mol. The summed E-state index contributed by atoms with van der Waals surface area (Å²) in [5.74, 6) is 0.820. The van der Waals surface area contributed by atoms with Gasteiger partial charge in [0.05, 0.1) is 31.1 Å². The van der Waals surface area contributed by atoms with Gasteiger partial charge in [-0.05, 0) is 38.6 Å². The third-order valence-electron chi connectivity index (χ3n) is 4.35. The largest absolute Gasteiger partial charge is 0.497 e. The van der Waals surface area contributed by atoms with E-state index in [2.05, 4.69) is 27.4 Å². The minimum absolute atomic E-state index is 0.0620. The first kappa shape index (κ1) is 17.0. The van der Waals surface area contributed by atoms with E-state index in [0.717, 1.165) is 28.5 Å². The van der Waals surface area contributed by atoms with Gasteiger partial charge >= 0.3 is 0 Å². The van der Waals surface area contributed by atoms with Gasteiger partial charge in [0.1, 0.15) is 5.75 Å². The van der Waals surface area contributed by atoms with E-state index in [-0.39, 0.29) is 12.6 Å². The molecule has 3 aromatic rings. The Morgan fingerprint density at radius 2 is 2.00 bits per heavy atom. The van der Waals surface area contributed by atoms with E-state index in [1.54, 1.807) is 18.4 Å². The number of thiazole rings is 1. The summed E-state index contributed by atoms with van der Waals surface area (Å²) in [6.07, 6.45) is 2.13. The molecule has 0 fully saturated rings. The second-order valence-corrected chi connectivity index (χ2v) is 7.24. The highest BCUT2D eigenvalue weighted by molar-refractivity contribution is 7.17. The maximum atomic E-state index is 9.90. The Kier molecular flexibility index (Phi) is 4.89. The van der Waals surface area contributed by atoms with Crippen LogP contribution in [-0.2, 0) is 6.54 Å². The van der Waals surface area contributed by atoms with Crippen molar-refractivity contribution in [1.82, 2.24) is 14.3 Å². The van der Waals surface area contributed by atoms with Crippen molar-refractivity contribution in [3.05, 3.63) is 52.3 Å². The number of aryl methyl sites for hydroxylation is 2. The maximum absolute atomic E-state index is 9.90. The Morgan fingerprint density at radius 3 is 2.62 bits per heavy atom. The number of fused-ring (bicyclic) bond motifs is 1. The van der Waals surface area contributed by atoms with Crippen molar-refractivity contribution in [1.29, 1.82) is 0 Å². The van der Waals surface area contributed by atoms with Crippen molar-refractivity contribution in [2.24, 2.45) is 0 Å². The van der Waals surface area contributed by atoms with Crippen LogP contribution in [0, 0.1) is 13.8 Å². The van der Waals surface area contributed by atoms with Crippen LogP contribution >= 0.6 is 11.3 Å². The van der Waals surface area contributed by atoms with Gasteiger partial charge in [-0.15, -0.1) is 11.3 Å². The Hall–Kier alpha value is -1.89. The smallest absolute Gasteiger partial charge is 0.194 e. The summed E-state index contributed by atoms with van der Waals surface area (Å²) in [4.78, 5) is 9.07. The van der Waals surface area contributed by atoms with Crippen LogP contribution in [0.2, 0.25) is 0 Å². The fourth-order valence-electron chi connectivity index (χ4n) is 2.97.